The maximum atomic E-state index is 13.5. The molecule has 8 heteroatoms. The minimum absolute atomic E-state index is 0.117. The molecular weight excluding hydrogens is 494 g/mol. The zero-order valence-electron chi connectivity index (χ0n) is 20.7. The van der Waals surface area contributed by atoms with E-state index in [-0.39, 0.29) is 11.4 Å². The lowest BCUT2D eigenvalue weighted by Crippen LogP contribution is -2.40. The van der Waals surface area contributed by atoms with Gasteiger partial charge in [-0.3, -0.25) is 14.0 Å². The second-order valence-electron chi connectivity index (χ2n) is 9.33. The largest absolute Gasteiger partial charge is 0.350 e. The number of aryl methyl sites for hydroxylation is 2. The molecule has 0 spiro atoms. The van der Waals surface area contributed by atoms with Crippen LogP contribution in [0.4, 0.5) is 5.69 Å². The zero-order chi connectivity index (χ0) is 25.7. The Bertz CT molecular complexity index is 1300. The first-order valence-corrected chi connectivity index (χ1v) is 14.0. The summed E-state index contributed by atoms with van der Waals surface area (Å²) in [6, 6.07) is 19.7. The van der Waals surface area contributed by atoms with Crippen LogP contribution in [0.1, 0.15) is 35.1 Å². The quantitative estimate of drug-likeness (QED) is 0.424. The standard InChI is InChI=1S/C28H32ClN3O3S/c1-21-5-13-26(14-6-21)36(34,35)32(25-12-7-22(2)27(29)17-25)20-28(33)30-18-23-8-10-24(11-9-23)19-31-15-3-4-16-31/h5-14,17H,3-4,15-16,18-20H2,1-2H3,(H,30,33). The third-order valence-corrected chi connectivity index (χ3v) is 8.65. The molecule has 0 atom stereocenters. The first kappa shape index (κ1) is 26.2. The lowest BCUT2D eigenvalue weighted by Gasteiger charge is -2.24. The fraction of sp³-hybridized carbons (Fsp3) is 0.321. The van der Waals surface area contributed by atoms with Crippen LogP contribution in [0.5, 0.6) is 0 Å². The Hall–Kier alpha value is -2.87. The van der Waals surface area contributed by atoms with Gasteiger partial charge in [-0.2, -0.15) is 0 Å². The van der Waals surface area contributed by atoms with Crippen molar-refractivity contribution in [2.75, 3.05) is 23.9 Å². The number of amides is 1. The van der Waals surface area contributed by atoms with Gasteiger partial charge in [-0.25, -0.2) is 8.42 Å². The molecule has 1 saturated heterocycles. The van der Waals surface area contributed by atoms with Gasteiger partial charge in [0.1, 0.15) is 6.54 Å². The van der Waals surface area contributed by atoms with Crippen molar-refractivity contribution in [1.82, 2.24) is 10.2 Å². The van der Waals surface area contributed by atoms with Gasteiger partial charge in [-0.05, 0) is 80.7 Å². The number of nitrogens with zero attached hydrogens (tertiary/aromatic N) is 2. The van der Waals surface area contributed by atoms with Crippen LogP contribution in [-0.2, 0) is 27.9 Å². The van der Waals surface area contributed by atoms with Crippen LogP contribution in [0.25, 0.3) is 0 Å². The van der Waals surface area contributed by atoms with E-state index in [0.717, 1.165) is 40.6 Å². The SMILES string of the molecule is Cc1ccc(S(=O)(=O)N(CC(=O)NCc2ccc(CN3CCCC3)cc2)c2ccc(C)c(Cl)c2)cc1. The van der Waals surface area contributed by atoms with Crippen LogP contribution in [0, 0.1) is 13.8 Å². The number of carbonyl (C=O) groups excluding carboxylic acids is 1. The van der Waals surface area contributed by atoms with Gasteiger partial charge in [-0.15, -0.1) is 0 Å². The second-order valence-corrected chi connectivity index (χ2v) is 11.6. The van der Waals surface area contributed by atoms with E-state index < -0.39 is 15.9 Å². The topological polar surface area (TPSA) is 69.7 Å². The minimum Gasteiger partial charge on any atom is -0.350 e. The maximum Gasteiger partial charge on any atom is 0.264 e. The minimum atomic E-state index is -3.99. The molecule has 1 fully saturated rings. The molecule has 1 N–H and O–H groups in total. The van der Waals surface area contributed by atoms with Crippen molar-refractivity contribution in [2.45, 2.75) is 44.7 Å². The summed E-state index contributed by atoms with van der Waals surface area (Å²) in [6.45, 7) is 6.92. The third-order valence-electron chi connectivity index (χ3n) is 6.46. The van der Waals surface area contributed by atoms with Gasteiger partial charge in [0.15, 0.2) is 0 Å². The van der Waals surface area contributed by atoms with Gasteiger partial charge in [0, 0.05) is 18.1 Å². The number of benzene rings is 3. The zero-order valence-corrected chi connectivity index (χ0v) is 22.3. The van der Waals surface area contributed by atoms with Gasteiger partial charge in [0.25, 0.3) is 10.0 Å². The summed E-state index contributed by atoms with van der Waals surface area (Å²) < 4.78 is 28.2. The molecule has 36 heavy (non-hydrogen) atoms. The Labute approximate surface area is 218 Å². The lowest BCUT2D eigenvalue weighted by molar-refractivity contribution is -0.119. The van der Waals surface area contributed by atoms with E-state index in [1.54, 1.807) is 42.5 Å². The third kappa shape index (κ3) is 6.46. The summed E-state index contributed by atoms with van der Waals surface area (Å²) in [5, 5.41) is 3.30. The number of halogens is 1. The first-order chi connectivity index (χ1) is 17.2. The monoisotopic (exact) mass is 525 g/mol. The number of hydrogen-bond acceptors (Lipinski definition) is 4. The lowest BCUT2D eigenvalue weighted by atomic mass is 10.1. The molecular formula is C28H32ClN3O3S. The van der Waals surface area contributed by atoms with Crippen LogP contribution in [0.3, 0.4) is 0 Å². The normalized spacial score (nSPS) is 14.1. The molecule has 1 amide bonds. The smallest absolute Gasteiger partial charge is 0.264 e. The van der Waals surface area contributed by atoms with E-state index in [9.17, 15) is 13.2 Å². The van der Waals surface area contributed by atoms with E-state index in [2.05, 4.69) is 22.3 Å². The van der Waals surface area contributed by atoms with Crippen LogP contribution in [0.2, 0.25) is 5.02 Å². The summed E-state index contributed by atoms with van der Waals surface area (Å²) in [4.78, 5) is 15.5. The summed E-state index contributed by atoms with van der Waals surface area (Å²) in [5.41, 5.74) is 4.32. The Morgan fingerprint density at radius 1 is 0.944 bits per heavy atom. The van der Waals surface area contributed by atoms with Gasteiger partial charge >= 0.3 is 0 Å². The highest BCUT2D eigenvalue weighted by atomic mass is 35.5. The molecule has 0 unspecified atom stereocenters. The molecule has 1 aliphatic heterocycles. The molecule has 0 aromatic heterocycles. The van der Waals surface area contributed by atoms with E-state index in [4.69, 9.17) is 11.6 Å². The van der Waals surface area contributed by atoms with Crippen LogP contribution in [0.15, 0.2) is 71.6 Å². The van der Waals surface area contributed by atoms with Crippen molar-refractivity contribution in [3.8, 4) is 0 Å². The number of carbonyl (C=O) groups is 1. The maximum absolute atomic E-state index is 13.5. The first-order valence-electron chi connectivity index (χ1n) is 12.1. The number of nitrogens with one attached hydrogen (secondary N) is 1. The highest BCUT2D eigenvalue weighted by Crippen LogP contribution is 2.28. The van der Waals surface area contributed by atoms with Crippen LogP contribution < -0.4 is 9.62 Å². The van der Waals surface area contributed by atoms with Crippen molar-refractivity contribution < 1.29 is 13.2 Å². The van der Waals surface area contributed by atoms with Crippen molar-refractivity contribution >= 4 is 33.2 Å². The average molecular weight is 526 g/mol. The Morgan fingerprint density at radius 3 is 2.22 bits per heavy atom. The number of anilines is 1. The summed E-state index contributed by atoms with van der Waals surface area (Å²) in [5.74, 6) is -0.400. The molecule has 4 rings (SSSR count). The summed E-state index contributed by atoms with van der Waals surface area (Å²) in [7, 11) is -3.99. The van der Waals surface area contributed by atoms with Gasteiger partial charge < -0.3 is 5.32 Å². The van der Waals surface area contributed by atoms with Gasteiger partial charge in [0.2, 0.25) is 5.91 Å². The second kappa shape index (κ2) is 11.5. The van der Waals surface area contributed by atoms with Crippen molar-refractivity contribution in [2.24, 2.45) is 0 Å². The molecule has 3 aromatic carbocycles. The molecule has 1 aliphatic rings. The number of sulfonamides is 1. The number of hydrogen-bond donors (Lipinski definition) is 1. The molecule has 190 valence electrons. The van der Waals surface area contributed by atoms with E-state index in [0.29, 0.717) is 17.3 Å². The Kier molecular flexibility index (Phi) is 8.34. The van der Waals surface area contributed by atoms with E-state index in [1.807, 2.05) is 26.0 Å². The Morgan fingerprint density at radius 2 is 1.58 bits per heavy atom. The Balaban J connectivity index is 1.47. The molecule has 3 aromatic rings. The van der Waals surface area contributed by atoms with Crippen LogP contribution in [-0.4, -0.2) is 38.9 Å². The molecule has 6 nitrogen and oxygen atoms in total. The molecule has 0 saturated carbocycles. The van der Waals surface area contributed by atoms with E-state index in [1.165, 1.54) is 18.4 Å². The highest BCUT2D eigenvalue weighted by molar-refractivity contribution is 7.92. The van der Waals surface area contributed by atoms with Gasteiger partial charge in [-0.1, -0.05) is 59.6 Å². The molecule has 0 radical (unpaired) electrons. The molecule has 0 bridgehead atoms. The van der Waals surface area contributed by atoms with Crippen molar-refractivity contribution in [3.05, 3.63) is 94.0 Å². The number of rotatable bonds is 9. The van der Waals surface area contributed by atoms with E-state index >= 15 is 0 Å². The fourth-order valence-electron chi connectivity index (χ4n) is 4.24. The van der Waals surface area contributed by atoms with Gasteiger partial charge in [0.05, 0.1) is 10.6 Å². The highest BCUT2D eigenvalue weighted by Gasteiger charge is 2.27. The van der Waals surface area contributed by atoms with Crippen molar-refractivity contribution in [3.63, 3.8) is 0 Å². The predicted octanol–water partition coefficient (Wildman–Crippen LogP) is 5.06. The predicted molar refractivity (Wildman–Crippen MR) is 145 cm³/mol. The van der Waals surface area contributed by atoms with Crippen LogP contribution >= 0.6 is 11.6 Å². The fourth-order valence-corrected chi connectivity index (χ4v) is 5.83. The van der Waals surface area contributed by atoms with Crippen molar-refractivity contribution in [1.29, 1.82) is 0 Å². The summed E-state index contributed by atoms with van der Waals surface area (Å²) in [6.07, 6.45) is 2.52. The average Bonchev–Trinajstić information content (AvgIpc) is 3.37. The molecule has 0 aliphatic carbocycles. The summed E-state index contributed by atoms with van der Waals surface area (Å²) >= 11 is 6.29. The molecule has 1 heterocycles. The number of likely N-dealkylation sites (tertiary alicyclic amines) is 1.